The summed E-state index contributed by atoms with van der Waals surface area (Å²) < 4.78 is 10.4. The third-order valence-corrected chi connectivity index (χ3v) is 3.42. The number of nitrogens with zero attached hydrogens (tertiary/aromatic N) is 1. The van der Waals surface area contributed by atoms with E-state index in [-0.39, 0.29) is 12.1 Å². The molecule has 2 unspecified atom stereocenters. The van der Waals surface area contributed by atoms with Crippen LogP contribution in [-0.4, -0.2) is 25.1 Å². The molecule has 0 radical (unpaired) electrons. The van der Waals surface area contributed by atoms with Crippen LogP contribution in [0.1, 0.15) is 24.1 Å². The van der Waals surface area contributed by atoms with E-state index in [1.54, 1.807) is 19.6 Å². The molecular weight excluding hydrogens is 252 g/mol. The van der Waals surface area contributed by atoms with Crippen molar-refractivity contribution in [2.45, 2.75) is 25.6 Å². The molecule has 1 heterocycles. The monoisotopic (exact) mass is 274 g/mol. The Bertz CT molecular complexity index is 523. The van der Waals surface area contributed by atoms with Crippen molar-refractivity contribution in [3.05, 3.63) is 54.0 Å². The first kappa shape index (κ1) is 14.6. The van der Waals surface area contributed by atoms with Crippen molar-refractivity contribution >= 4 is 0 Å². The summed E-state index contributed by atoms with van der Waals surface area (Å²) in [5.41, 5.74) is 8.48. The first-order valence-corrected chi connectivity index (χ1v) is 6.72. The van der Waals surface area contributed by atoms with Gasteiger partial charge in [-0.25, -0.2) is 0 Å². The van der Waals surface area contributed by atoms with Crippen molar-refractivity contribution in [3.8, 4) is 5.75 Å². The molecule has 4 heteroatoms. The highest BCUT2D eigenvalue weighted by molar-refractivity contribution is 5.31. The van der Waals surface area contributed by atoms with E-state index in [0.29, 0.717) is 0 Å². The maximum Gasteiger partial charge on any atom is 0.119 e. The molecule has 0 aliphatic carbocycles. The third kappa shape index (κ3) is 3.40. The number of rotatable bonds is 6. The maximum absolute atomic E-state index is 6.18. The predicted octanol–water partition coefficient (Wildman–Crippen LogP) is 2.81. The van der Waals surface area contributed by atoms with Gasteiger partial charge in [-0.1, -0.05) is 12.1 Å². The van der Waals surface area contributed by atoms with E-state index in [9.17, 15) is 0 Å². The zero-order valence-corrected chi connectivity index (χ0v) is 12.2. The van der Waals surface area contributed by atoms with Gasteiger partial charge in [-0.3, -0.25) is 4.90 Å². The van der Waals surface area contributed by atoms with Gasteiger partial charge in [0.15, 0.2) is 0 Å². The maximum atomic E-state index is 6.18. The molecule has 1 aromatic heterocycles. The van der Waals surface area contributed by atoms with Gasteiger partial charge in [0.2, 0.25) is 0 Å². The van der Waals surface area contributed by atoms with E-state index < -0.39 is 0 Å². The highest BCUT2D eigenvalue weighted by Crippen LogP contribution is 2.26. The molecule has 2 atom stereocenters. The first-order chi connectivity index (χ1) is 9.61. The van der Waals surface area contributed by atoms with Gasteiger partial charge in [-0.2, -0.15) is 0 Å². The number of furan rings is 1. The molecule has 0 saturated carbocycles. The van der Waals surface area contributed by atoms with Crippen LogP contribution in [0, 0.1) is 0 Å². The van der Waals surface area contributed by atoms with Crippen LogP contribution in [0.5, 0.6) is 5.75 Å². The quantitative estimate of drug-likeness (QED) is 0.880. The summed E-state index contributed by atoms with van der Waals surface area (Å²) in [6, 6.07) is 10.2. The standard InChI is InChI=1S/C16H22N2O2/c1-12(17)16(14-5-4-6-15(9-14)19-3)18(2)10-13-7-8-20-11-13/h4-9,11-12,16H,10,17H2,1-3H3. The molecular formula is C16H22N2O2. The summed E-state index contributed by atoms with van der Waals surface area (Å²) in [4.78, 5) is 2.23. The second kappa shape index (κ2) is 6.59. The number of methoxy groups -OCH3 is 1. The van der Waals surface area contributed by atoms with Gasteiger partial charge in [0.05, 0.1) is 19.6 Å². The third-order valence-electron chi connectivity index (χ3n) is 3.42. The van der Waals surface area contributed by atoms with E-state index in [0.717, 1.165) is 23.4 Å². The minimum absolute atomic E-state index is 0.0130. The summed E-state index contributed by atoms with van der Waals surface area (Å²) in [6.07, 6.45) is 3.45. The zero-order valence-electron chi connectivity index (χ0n) is 12.2. The minimum atomic E-state index is 0.0130. The van der Waals surface area contributed by atoms with Crippen LogP contribution in [-0.2, 0) is 6.54 Å². The number of nitrogens with two attached hydrogens (primary N) is 1. The Kier molecular flexibility index (Phi) is 4.82. The number of ether oxygens (including phenoxy) is 1. The molecule has 0 aliphatic rings. The summed E-state index contributed by atoms with van der Waals surface area (Å²) in [5, 5.41) is 0. The number of hydrogen-bond donors (Lipinski definition) is 1. The summed E-state index contributed by atoms with van der Waals surface area (Å²) >= 11 is 0. The summed E-state index contributed by atoms with van der Waals surface area (Å²) in [7, 11) is 3.75. The number of benzene rings is 1. The lowest BCUT2D eigenvalue weighted by Gasteiger charge is -2.31. The molecule has 0 saturated heterocycles. The van der Waals surface area contributed by atoms with Crippen LogP contribution < -0.4 is 10.5 Å². The van der Waals surface area contributed by atoms with Crippen molar-refractivity contribution in [1.82, 2.24) is 4.90 Å². The van der Waals surface area contributed by atoms with E-state index in [4.69, 9.17) is 14.9 Å². The summed E-state index contributed by atoms with van der Waals surface area (Å²) in [6.45, 7) is 2.82. The van der Waals surface area contributed by atoms with Crippen LogP contribution in [0.4, 0.5) is 0 Å². The van der Waals surface area contributed by atoms with E-state index in [1.807, 2.05) is 31.2 Å². The summed E-state index contributed by atoms with van der Waals surface area (Å²) in [5.74, 6) is 0.852. The van der Waals surface area contributed by atoms with Gasteiger partial charge in [0.25, 0.3) is 0 Å². The molecule has 108 valence electrons. The Labute approximate surface area is 120 Å². The molecule has 2 N–H and O–H groups in total. The first-order valence-electron chi connectivity index (χ1n) is 6.72. The predicted molar refractivity (Wildman–Crippen MR) is 79.6 cm³/mol. The smallest absolute Gasteiger partial charge is 0.119 e. The van der Waals surface area contributed by atoms with Crippen molar-refractivity contribution in [2.75, 3.05) is 14.2 Å². The fraction of sp³-hybridized carbons (Fsp3) is 0.375. The highest BCUT2D eigenvalue weighted by Gasteiger charge is 2.22. The topological polar surface area (TPSA) is 51.6 Å². The Hall–Kier alpha value is -1.78. The van der Waals surface area contributed by atoms with Gasteiger partial charge >= 0.3 is 0 Å². The van der Waals surface area contributed by atoms with Crippen LogP contribution >= 0.6 is 0 Å². The molecule has 4 nitrogen and oxygen atoms in total. The van der Waals surface area contributed by atoms with Crippen molar-refractivity contribution in [3.63, 3.8) is 0 Å². The van der Waals surface area contributed by atoms with Gasteiger partial charge in [0.1, 0.15) is 5.75 Å². The lowest BCUT2D eigenvalue weighted by Crippen LogP contribution is -2.36. The molecule has 0 aliphatic heterocycles. The lowest BCUT2D eigenvalue weighted by molar-refractivity contribution is 0.210. The van der Waals surface area contributed by atoms with E-state index in [2.05, 4.69) is 18.0 Å². The Morgan fingerprint density at radius 3 is 2.75 bits per heavy atom. The number of likely N-dealkylation sites (N-methyl/N-ethyl adjacent to an activating group) is 1. The molecule has 0 amide bonds. The van der Waals surface area contributed by atoms with Crippen LogP contribution in [0.2, 0.25) is 0 Å². The Balaban J connectivity index is 2.21. The molecule has 20 heavy (non-hydrogen) atoms. The second-order valence-electron chi connectivity index (χ2n) is 5.13. The minimum Gasteiger partial charge on any atom is -0.497 e. The fourth-order valence-corrected chi connectivity index (χ4v) is 2.55. The molecule has 2 aromatic rings. The van der Waals surface area contributed by atoms with Crippen molar-refractivity contribution in [1.29, 1.82) is 0 Å². The van der Waals surface area contributed by atoms with Crippen LogP contribution in [0.3, 0.4) is 0 Å². The molecule has 0 fully saturated rings. The van der Waals surface area contributed by atoms with E-state index in [1.165, 1.54) is 0 Å². The van der Waals surface area contributed by atoms with Crippen LogP contribution in [0.15, 0.2) is 47.3 Å². The molecule has 0 bridgehead atoms. The average Bonchev–Trinajstić information content (AvgIpc) is 2.91. The highest BCUT2D eigenvalue weighted by atomic mass is 16.5. The zero-order chi connectivity index (χ0) is 14.5. The van der Waals surface area contributed by atoms with Gasteiger partial charge < -0.3 is 14.9 Å². The Morgan fingerprint density at radius 1 is 1.35 bits per heavy atom. The lowest BCUT2D eigenvalue weighted by atomic mass is 9.99. The molecule has 2 rings (SSSR count). The van der Waals surface area contributed by atoms with Gasteiger partial charge in [0, 0.05) is 24.2 Å². The van der Waals surface area contributed by atoms with Gasteiger partial charge in [-0.15, -0.1) is 0 Å². The molecule has 1 aromatic carbocycles. The molecule has 0 spiro atoms. The van der Waals surface area contributed by atoms with E-state index >= 15 is 0 Å². The second-order valence-corrected chi connectivity index (χ2v) is 5.13. The average molecular weight is 274 g/mol. The van der Waals surface area contributed by atoms with Crippen molar-refractivity contribution in [2.24, 2.45) is 5.73 Å². The van der Waals surface area contributed by atoms with Crippen molar-refractivity contribution < 1.29 is 9.15 Å². The fourth-order valence-electron chi connectivity index (χ4n) is 2.55. The Morgan fingerprint density at radius 2 is 2.15 bits per heavy atom. The van der Waals surface area contributed by atoms with Crippen LogP contribution in [0.25, 0.3) is 0 Å². The van der Waals surface area contributed by atoms with Gasteiger partial charge in [-0.05, 0) is 37.7 Å². The number of hydrogen-bond acceptors (Lipinski definition) is 4. The normalized spacial score (nSPS) is 14.2. The largest absolute Gasteiger partial charge is 0.497 e. The SMILES string of the molecule is COc1cccc(C(C(C)N)N(C)Cc2ccoc2)c1.